The maximum Gasteiger partial charge on any atom is 0.115 e. The van der Waals surface area contributed by atoms with Gasteiger partial charge < -0.3 is 0 Å². The second-order valence-electron chi connectivity index (χ2n) is 2.12. The molecule has 0 amide bonds. The van der Waals surface area contributed by atoms with E-state index in [0.717, 1.165) is 20.0 Å². The predicted molar refractivity (Wildman–Crippen MR) is 52.0 cm³/mol. The Hall–Kier alpha value is 0.245. The lowest BCUT2D eigenvalue weighted by Gasteiger charge is -2.01. The van der Waals surface area contributed by atoms with Crippen LogP contribution in [0.1, 0.15) is 5.56 Å². The van der Waals surface area contributed by atoms with Crippen molar-refractivity contribution in [2.24, 2.45) is 0 Å². The van der Waals surface area contributed by atoms with Gasteiger partial charge in [-0.25, -0.2) is 0 Å². The summed E-state index contributed by atoms with van der Waals surface area (Å²) in [5, 5.41) is 0. The molecule has 50 valence electrons. The van der Waals surface area contributed by atoms with Gasteiger partial charge in [-0.2, -0.15) is 0 Å². The van der Waals surface area contributed by atoms with Gasteiger partial charge in [0, 0.05) is 8.95 Å². The lowest BCUT2D eigenvalue weighted by atomic mass is 9.95. The van der Waals surface area contributed by atoms with Crippen LogP contribution in [-0.4, -0.2) is 7.85 Å². The van der Waals surface area contributed by atoms with Crippen LogP contribution in [-0.2, 0) is 0 Å². The molecule has 0 saturated carbocycles. The highest BCUT2D eigenvalue weighted by Crippen LogP contribution is 2.18. The van der Waals surface area contributed by atoms with Crippen molar-refractivity contribution in [2.45, 2.75) is 6.92 Å². The number of halogens is 2. The Morgan fingerprint density at radius 2 is 1.80 bits per heavy atom. The first-order valence-electron chi connectivity index (χ1n) is 2.82. The highest BCUT2D eigenvalue weighted by atomic mass is 79.9. The Kier molecular flexibility index (Phi) is 2.58. The van der Waals surface area contributed by atoms with E-state index in [0.29, 0.717) is 0 Å². The van der Waals surface area contributed by atoms with E-state index in [1.165, 1.54) is 0 Å². The summed E-state index contributed by atoms with van der Waals surface area (Å²) in [7, 11) is 5.62. The molecule has 0 fully saturated rings. The van der Waals surface area contributed by atoms with Crippen molar-refractivity contribution in [3.05, 3.63) is 26.6 Å². The molecule has 0 bridgehead atoms. The molecular formula is C7H5BBr2. The summed E-state index contributed by atoms with van der Waals surface area (Å²) in [4.78, 5) is 0. The van der Waals surface area contributed by atoms with Gasteiger partial charge in [0.15, 0.2) is 0 Å². The molecule has 0 aliphatic heterocycles. The average Bonchev–Trinajstić information content (AvgIpc) is 1.84. The summed E-state index contributed by atoms with van der Waals surface area (Å²) in [6.07, 6.45) is 0. The van der Waals surface area contributed by atoms with Crippen LogP contribution in [0.25, 0.3) is 0 Å². The second kappa shape index (κ2) is 3.10. The SMILES string of the molecule is [B]c1cc(C)c(Br)cc1Br. The molecular weight excluding hydrogens is 255 g/mol. The van der Waals surface area contributed by atoms with Gasteiger partial charge in [0.1, 0.15) is 7.85 Å². The standard InChI is InChI=1S/C7H5BBr2/c1-4-2-5(8)7(10)3-6(4)9/h2-3H,1H3. The lowest BCUT2D eigenvalue weighted by molar-refractivity contribution is 1.44. The van der Waals surface area contributed by atoms with E-state index in [4.69, 9.17) is 7.85 Å². The van der Waals surface area contributed by atoms with E-state index in [-0.39, 0.29) is 0 Å². The Labute approximate surface area is 78.7 Å². The number of rotatable bonds is 0. The van der Waals surface area contributed by atoms with Gasteiger partial charge in [-0.1, -0.05) is 43.4 Å². The summed E-state index contributed by atoms with van der Waals surface area (Å²) in [5.74, 6) is 0. The van der Waals surface area contributed by atoms with Crippen molar-refractivity contribution in [2.75, 3.05) is 0 Å². The Morgan fingerprint density at radius 3 is 2.30 bits per heavy atom. The number of hydrogen-bond acceptors (Lipinski definition) is 0. The molecule has 0 aliphatic rings. The molecule has 1 rings (SSSR count). The van der Waals surface area contributed by atoms with E-state index >= 15 is 0 Å². The van der Waals surface area contributed by atoms with Crippen molar-refractivity contribution < 1.29 is 0 Å². The fraction of sp³-hybridized carbons (Fsp3) is 0.143. The third kappa shape index (κ3) is 1.64. The van der Waals surface area contributed by atoms with Crippen LogP contribution in [0.4, 0.5) is 0 Å². The number of aryl methyl sites for hydroxylation is 1. The Morgan fingerprint density at radius 1 is 1.20 bits per heavy atom. The smallest absolute Gasteiger partial charge is 0.0824 e. The summed E-state index contributed by atoms with van der Waals surface area (Å²) in [6.45, 7) is 2.01. The maximum absolute atomic E-state index is 5.62. The van der Waals surface area contributed by atoms with Crippen LogP contribution in [0.15, 0.2) is 21.1 Å². The minimum Gasteiger partial charge on any atom is -0.0824 e. The zero-order valence-corrected chi connectivity index (χ0v) is 8.66. The molecule has 0 heterocycles. The van der Waals surface area contributed by atoms with Crippen molar-refractivity contribution in [3.63, 3.8) is 0 Å². The van der Waals surface area contributed by atoms with Gasteiger partial charge in [0.05, 0.1) is 0 Å². The zero-order valence-electron chi connectivity index (χ0n) is 5.49. The van der Waals surface area contributed by atoms with Crippen LogP contribution < -0.4 is 5.46 Å². The minimum atomic E-state index is 0.778. The first-order valence-corrected chi connectivity index (χ1v) is 4.41. The summed E-state index contributed by atoms with van der Waals surface area (Å²) in [6, 6.07) is 3.87. The monoisotopic (exact) mass is 258 g/mol. The first kappa shape index (κ1) is 8.34. The molecule has 0 aliphatic carbocycles. The van der Waals surface area contributed by atoms with Crippen LogP contribution in [0.2, 0.25) is 0 Å². The predicted octanol–water partition coefficient (Wildman–Crippen LogP) is 2.31. The van der Waals surface area contributed by atoms with Gasteiger partial charge in [0.25, 0.3) is 0 Å². The molecule has 0 saturated heterocycles. The molecule has 0 atom stereocenters. The highest BCUT2D eigenvalue weighted by Gasteiger charge is 1.97. The molecule has 0 unspecified atom stereocenters. The van der Waals surface area contributed by atoms with E-state index in [1.54, 1.807) is 0 Å². The lowest BCUT2D eigenvalue weighted by Crippen LogP contribution is -2.04. The highest BCUT2D eigenvalue weighted by molar-refractivity contribution is 9.11. The van der Waals surface area contributed by atoms with Crippen LogP contribution in [0.5, 0.6) is 0 Å². The van der Waals surface area contributed by atoms with E-state index in [1.807, 2.05) is 19.1 Å². The number of benzene rings is 1. The molecule has 0 aromatic heterocycles. The summed E-state index contributed by atoms with van der Waals surface area (Å²) in [5.41, 5.74) is 1.93. The molecule has 1 aromatic rings. The van der Waals surface area contributed by atoms with E-state index in [9.17, 15) is 0 Å². The van der Waals surface area contributed by atoms with Gasteiger partial charge >= 0.3 is 0 Å². The Bertz CT molecular complexity index is 208. The largest absolute Gasteiger partial charge is 0.115 e. The molecule has 0 spiro atoms. The van der Waals surface area contributed by atoms with Gasteiger partial charge in [-0.3, -0.25) is 0 Å². The van der Waals surface area contributed by atoms with Crippen LogP contribution >= 0.6 is 31.9 Å². The second-order valence-corrected chi connectivity index (χ2v) is 3.83. The third-order valence-corrected chi connectivity index (χ3v) is 2.82. The molecule has 3 heteroatoms. The fourth-order valence-corrected chi connectivity index (χ4v) is 1.67. The van der Waals surface area contributed by atoms with Gasteiger partial charge in [0.2, 0.25) is 0 Å². The molecule has 2 radical (unpaired) electrons. The topological polar surface area (TPSA) is 0 Å². The number of hydrogen-bond donors (Lipinski definition) is 0. The fourth-order valence-electron chi connectivity index (χ4n) is 0.680. The van der Waals surface area contributed by atoms with Crippen LogP contribution in [0.3, 0.4) is 0 Å². The average molecular weight is 260 g/mol. The van der Waals surface area contributed by atoms with Gasteiger partial charge in [-0.15, -0.1) is 0 Å². The molecule has 0 N–H and O–H groups in total. The normalized spacial score (nSPS) is 9.90. The Balaban J connectivity index is 3.28. The van der Waals surface area contributed by atoms with E-state index < -0.39 is 0 Å². The van der Waals surface area contributed by atoms with Crippen molar-refractivity contribution in [1.29, 1.82) is 0 Å². The van der Waals surface area contributed by atoms with Crippen molar-refractivity contribution in [3.8, 4) is 0 Å². The third-order valence-electron chi connectivity index (χ3n) is 1.28. The summed E-state index contributed by atoms with van der Waals surface area (Å²) < 4.78 is 2.01. The maximum atomic E-state index is 5.62. The zero-order chi connectivity index (χ0) is 7.72. The van der Waals surface area contributed by atoms with Crippen molar-refractivity contribution in [1.82, 2.24) is 0 Å². The van der Waals surface area contributed by atoms with Crippen molar-refractivity contribution >= 4 is 45.2 Å². The molecule has 10 heavy (non-hydrogen) atoms. The van der Waals surface area contributed by atoms with E-state index in [2.05, 4.69) is 31.9 Å². The summed E-state index contributed by atoms with van der Waals surface area (Å²) >= 11 is 6.72. The quantitative estimate of drug-likeness (QED) is 0.628. The molecule has 1 aromatic carbocycles. The van der Waals surface area contributed by atoms with Crippen LogP contribution in [0, 0.1) is 6.92 Å². The minimum absolute atomic E-state index is 0.778. The van der Waals surface area contributed by atoms with Gasteiger partial charge in [-0.05, 0) is 18.6 Å². The first-order chi connectivity index (χ1) is 4.61. The molecule has 0 nitrogen and oxygen atoms in total.